The van der Waals surface area contributed by atoms with E-state index in [0.29, 0.717) is 5.69 Å². The number of nitrogens with one attached hydrogen (secondary N) is 1. The van der Waals surface area contributed by atoms with Crippen LogP contribution in [0.15, 0.2) is 47.4 Å². The summed E-state index contributed by atoms with van der Waals surface area (Å²) >= 11 is 5.88. The van der Waals surface area contributed by atoms with Gasteiger partial charge in [-0.2, -0.15) is 5.26 Å². The number of sulfone groups is 1. The molecule has 7 nitrogen and oxygen atoms in total. The maximum absolute atomic E-state index is 12.2. The van der Waals surface area contributed by atoms with E-state index in [1.54, 1.807) is 0 Å². The molecule has 9 heteroatoms. The van der Waals surface area contributed by atoms with E-state index in [0.717, 1.165) is 0 Å². The Hall–Kier alpha value is -2.89. The molecular weight excluding hydrogens is 392 g/mol. The molecule has 0 saturated heterocycles. The largest absolute Gasteiger partial charge is 0.452 e. The lowest BCUT2D eigenvalue weighted by molar-refractivity contribution is -0.119. The molecule has 1 amide bonds. The molecule has 2 rings (SSSR count). The quantitative estimate of drug-likeness (QED) is 0.738. The van der Waals surface area contributed by atoms with Crippen molar-refractivity contribution in [3.63, 3.8) is 0 Å². The summed E-state index contributed by atoms with van der Waals surface area (Å²) in [5, 5.41) is 11.5. The van der Waals surface area contributed by atoms with Gasteiger partial charge in [-0.15, -0.1) is 0 Å². The van der Waals surface area contributed by atoms with Crippen LogP contribution in [0.1, 0.15) is 22.8 Å². The smallest absolute Gasteiger partial charge is 0.339 e. The number of benzene rings is 2. The lowest BCUT2D eigenvalue weighted by Gasteiger charge is -2.10. The summed E-state index contributed by atoms with van der Waals surface area (Å²) in [6.45, 7) is 0.852. The number of esters is 1. The number of halogens is 1. The van der Waals surface area contributed by atoms with Gasteiger partial charge in [0.2, 0.25) is 0 Å². The van der Waals surface area contributed by atoms with Crippen molar-refractivity contribution >= 4 is 39.0 Å². The molecule has 0 saturated carbocycles. The fourth-order valence-corrected chi connectivity index (χ4v) is 3.46. The topological polar surface area (TPSA) is 113 Å². The van der Waals surface area contributed by atoms with Crippen molar-refractivity contribution < 1.29 is 22.7 Å². The minimum atomic E-state index is -3.61. The lowest BCUT2D eigenvalue weighted by atomic mass is 10.2. The van der Waals surface area contributed by atoms with Gasteiger partial charge in [0, 0.05) is 5.69 Å². The fourth-order valence-electron chi connectivity index (χ4n) is 2.15. The Morgan fingerprint density at radius 2 is 1.93 bits per heavy atom. The maximum Gasteiger partial charge on any atom is 0.339 e. The Labute approximate surface area is 161 Å². The van der Waals surface area contributed by atoms with Crippen LogP contribution in [-0.2, 0) is 19.4 Å². The van der Waals surface area contributed by atoms with E-state index in [1.165, 1.54) is 49.4 Å². The number of hydrogen-bond donors (Lipinski definition) is 1. The normalized spacial score (nSPS) is 10.7. The van der Waals surface area contributed by atoms with E-state index < -0.39 is 28.3 Å². The number of nitrogens with zero attached hydrogens (tertiary/aromatic N) is 1. The van der Waals surface area contributed by atoms with E-state index >= 15 is 0 Å². The predicted octanol–water partition coefficient (Wildman–Crippen LogP) is 2.80. The Kier molecular flexibility index (Phi) is 6.55. The van der Waals surface area contributed by atoms with Crippen LogP contribution in [0.3, 0.4) is 0 Å². The lowest BCUT2D eigenvalue weighted by Crippen LogP contribution is -2.22. The molecule has 0 spiro atoms. The van der Waals surface area contributed by atoms with E-state index in [2.05, 4.69) is 5.32 Å². The second-order valence-electron chi connectivity index (χ2n) is 5.33. The number of anilines is 1. The van der Waals surface area contributed by atoms with Crippen LogP contribution in [0.4, 0.5) is 5.69 Å². The fraction of sp³-hybridized carbons (Fsp3) is 0.167. The summed E-state index contributed by atoms with van der Waals surface area (Å²) in [7, 11) is -3.61. The molecule has 27 heavy (non-hydrogen) atoms. The number of ether oxygens (including phenoxy) is 1. The van der Waals surface area contributed by atoms with Crippen LogP contribution >= 0.6 is 11.6 Å². The first-order valence-electron chi connectivity index (χ1n) is 7.77. The molecular formula is C18H15ClN2O5S. The van der Waals surface area contributed by atoms with Gasteiger partial charge >= 0.3 is 5.97 Å². The standard InChI is InChI=1S/C18H15ClN2O5S/c1-2-27(24,25)16-6-4-3-5-14(16)18(23)26-11-17(22)21-13-8-7-12(10-20)15(19)9-13/h3-9H,2,11H2,1H3,(H,21,22). The highest BCUT2D eigenvalue weighted by atomic mass is 35.5. The van der Waals surface area contributed by atoms with Crippen LogP contribution < -0.4 is 5.32 Å². The van der Waals surface area contributed by atoms with Crippen molar-refractivity contribution in [3.8, 4) is 6.07 Å². The Morgan fingerprint density at radius 1 is 1.22 bits per heavy atom. The zero-order valence-corrected chi connectivity index (χ0v) is 15.8. The average molecular weight is 407 g/mol. The Balaban J connectivity index is 2.05. The first kappa shape index (κ1) is 20.4. The average Bonchev–Trinajstić information content (AvgIpc) is 2.66. The van der Waals surface area contributed by atoms with Crippen molar-refractivity contribution in [2.24, 2.45) is 0 Å². The van der Waals surface area contributed by atoms with Gasteiger partial charge in [-0.05, 0) is 30.3 Å². The van der Waals surface area contributed by atoms with Crippen LogP contribution in [0.2, 0.25) is 5.02 Å². The van der Waals surface area contributed by atoms with Crippen LogP contribution in [0, 0.1) is 11.3 Å². The van der Waals surface area contributed by atoms with Gasteiger partial charge in [-0.1, -0.05) is 30.7 Å². The Bertz CT molecular complexity index is 1030. The highest BCUT2D eigenvalue weighted by Crippen LogP contribution is 2.20. The third kappa shape index (κ3) is 5.06. The monoisotopic (exact) mass is 406 g/mol. The third-order valence-electron chi connectivity index (χ3n) is 3.53. The molecule has 0 aliphatic heterocycles. The SMILES string of the molecule is CCS(=O)(=O)c1ccccc1C(=O)OCC(=O)Nc1ccc(C#N)c(Cl)c1. The minimum absolute atomic E-state index is 0.131. The summed E-state index contributed by atoms with van der Waals surface area (Å²) in [6, 6.07) is 11.8. The number of amides is 1. The van der Waals surface area contributed by atoms with Crippen LogP contribution in [0.5, 0.6) is 0 Å². The van der Waals surface area contributed by atoms with Gasteiger partial charge in [0.05, 0.1) is 26.8 Å². The third-order valence-corrected chi connectivity index (χ3v) is 5.63. The maximum atomic E-state index is 12.2. The van der Waals surface area contributed by atoms with Gasteiger partial charge < -0.3 is 10.1 Å². The zero-order valence-electron chi connectivity index (χ0n) is 14.2. The first-order valence-corrected chi connectivity index (χ1v) is 9.80. The van der Waals surface area contributed by atoms with Crippen LogP contribution in [-0.4, -0.2) is 32.7 Å². The van der Waals surface area contributed by atoms with Crippen molar-refractivity contribution in [3.05, 3.63) is 58.6 Å². The second kappa shape index (κ2) is 8.66. The molecule has 2 aromatic rings. The molecule has 0 fully saturated rings. The summed E-state index contributed by atoms with van der Waals surface area (Å²) in [5.41, 5.74) is 0.456. The number of rotatable bonds is 6. The number of hydrogen-bond acceptors (Lipinski definition) is 6. The zero-order chi connectivity index (χ0) is 20.0. The van der Waals surface area contributed by atoms with Gasteiger partial charge in [0.1, 0.15) is 6.07 Å². The molecule has 1 N–H and O–H groups in total. The molecule has 0 atom stereocenters. The van der Waals surface area contributed by atoms with E-state index in [1.807, 2.05) is 6.07 Å². The van der Waals surface area contributed by atoms with Crippen molar-refractivity contribution in [1.29, 1.82) is 5.26 Å². The van der Waals surface area contributed by atoms with E-state index in [-0.39, 0.29) is 26.8 Å². The molecule has 0 bridgehead atoms. The highest BCUT2D eigenvalue weighted by Gasteiger charge is 2.22. The molecule has 140 valence electrons. The number of carbonyl (C=O) groups excluding carboxylic acids is 2. The van der Waals surface area contributed by atoms with Crippen molar-refractivity contribution in [1.82, 2.24) is 0 Å². The van der Waals surface area contributed by atoms with E-state index in [4.69, 9.17) is 21.6 Å². The summed E-state index contributed by atoms with van der Waals surface area (Å²) in [4.78, 5) is 24.0. The van der Waals surface area contributed by atoms with Crippen molar-refractivity contribution in [2.45, 2.75) is 11.8 Å². The molecule has 2 aromatic carbocycles. The molecule has 0 unspecified atom stereocenters. The molecule has 0 aromatic heterocycles. The van der Waals surface area contributed by atoms with Gasteiger partial charge in [0.25, 0.3) is 5.91 Å². The molecule has 0 radical (unpaired) electrons. The first-order chi connectivity index (χ1) is 12.8. The second-order valence-corrected chi connectivity index (χ2v) is 7.98. The highest BCUT2D eigenvalue weighted by molar-refractivity contribution is 7.91. The minimum Gasteiger partial charge on any atom is -0.452 e. The van der Waals surface area contributed by atoms with Gasteiger partial charge in [0.15, 0.2) is 16.4 Å². The summed E-state index contributed by atoms with van der Waals surface area (Å²) in [6.07, 6.45) is 0. The predicted molar refractivity (Wildman–Crippen MR) is 99.2 cm³/mol. The number of carbonyl (C=O) groups is 2. The Morgan fingerprint density at radius 3 is 2.56 bits per heavy atom. The van der Waals surface area contributed by atoms with Gasteiger partial charge in [-0.3, -0.25) is 4.79 Å². The van der Waals surface area contributed by atoms with Gasteiger partial charge in [-0.25, -0.2) is 13.2 Å². The molecule has 0 aliphatic rings. The van der Waals surface area contributed by atoms with E-state index in [9.17, 15) is 18.0 Å². The molecule has 0 heterocycles. The van der Waals surface area contributed by atoms with Crippen LogP contribution in [0.25, 0.3) is 0 Å². The number of nitriles is 1. The van der Waals surface area contributed by atoms with Crippen molar-refractivity contribution in [2.75, 3.05) is 17.7 Å². The summed E-state index contributed by atoms with van der Waals surface area (Å²) < 4.78 is 29.1. The molecule has 0 aliphatic carbocycles. The summed E-state index contributed by atoms with van der Waals surface area (Å²) in [5.74, 6) is -1.73.